The van der Waals surface area contributed by atoms with Gasteiger partial charge >= 0.3 is 5.96 Å². The molecule has 0 radical (unpaired) electrons. The van der Waals surface area contributed by atoms with Gasteiger partial charge in [-0.25, -0.2) is 8.42 Å². The van der Waals surface area contributed by atoms with Gasteiger partial charge in [-0.3, -0.25) is 21.3 Å². The molecule has 11 heteroatoms. The molecule has 27 heavy (non-hydrogen) atoms. The molecule has 0 aliphatic carbocycles. The van der Waals surface area contributed by atoms with Crippen LogP contribution in [0.1, 0.15) is 25.3 Å². The maximum absolute atomic E-state index is 12.3. The van der Waals surface area contributed by atoms with Crippen LogP contribution in [0.3, 0.4) is 0 Å². The molecule has 0 saturated heterocycles. The monoisotopic (exact) mass is 399 g/mol. The number of aliphatic carboxylic acids is 1. The summed E-state index contributed by atoms with van der Waals surface area (Å²) in [5.74, 6) is -2.25. The SMILES string of the molecule is Cc1ccc(S(=O)(=O)NC(C)C(=O)NC(CCC[NH+]=C(N)N)C(=O)[O-])cc1. The van der Waals surface area contributed by atoms with Gasteiger partial charge in [-0.15, -0.1) is 0 Å². The quantitative estimate of drug-likeness (QED) is 0.151. The zero-order chi connectivity index (χ0) is 20.6. The van der Waals surface area contributed by atoms with Crippen LogP contribution in [-0.4, -0.2) is 44.9 Å². The molecule has 1 rings (SSSR count). The van der Waals surface area contributed by atoms with Crippen molar-refractivity contribution >= 4 is 27.9 Å². The summed E-state index contributed by atoms with van der Waals surface area (Å²) in [5.41, 5.74) is 11.3. The lowest BCUT2D eigenvalue weighted by Gasteiger charge is -2.22. The predicted molar refractivity (Wildman–Crippen MR) is 96.3 cm³/mol. The van der Waals surface area contributed by atoms with Gasteiger partial charge in [0.1, 0.15) is 0 Å². The van der Waals surface area contributed by atoms with Crippen LogP contribution in [0.4, 0.5) is 0 Å². The molecule has 0 saturated carbocycles. The van der Waals surface area contributed by atoms with Gasteiger partial charge in [0.15, 0.2) is 0 Å². The third-order valence-electron chi connectivity index (χ3n) is 3.66. The first kappa shape index (κ1) is 22.4. The number of benzene rings is 1. The third kappa shape index (κ3) is 7.62. The Morgan fingerprint density at radius 2 is 1.81 bits per heavy atom. The number of aryl methyl sites for hydroxylation is 1. The Hall–Kier alpha value is -2.66. The van der Waals surface area contributed by atoms with Crippen LogP contribution in [0.2, 0.25) is 0 Å². The van der Waals surface area contributed by atoms with E-state index in [1.54, 1.807) is 12.1 Å². The van der Waals surface area contributed by atoms with Crippen LogP contribution < -0.4 is 31.6 Å². The van der Waals surface area contributed by atoms with E-state index in [0.717, 1.165) is 5.56 Å². The molecular weight excluding hydrogens is 374 g/mol. The van der Waals surface area contributed by atoms with Crippen LogP contribution in [0.5, 0.6) is 0 Å². The van der Waals surface area contributed by atoms with E-state index in [1.165, 1.54) is 19.1 Å². The summed E-state index contributed by atoms with van der Waals surface area (Å²) in [4.78, 5) is 26.0. The van der Waals surface area contributed by atoms with Gasteiger partial charge in [-0.2, -0.15) is 4.72 Å². The van der Waals surface area contributed by atoms with Gasteiger partial charge in [0.2, 0.25) is 15.9 Å². The first-order valence-corrected chi connectivity index (χ1v) is 9.73. The number of rotatable bonds is 10. The first-order chi connectivity index (χ1) is 12.5. The number of amides is 1. The number of carbonyl (C=O) groups excluding carboxylic acids is 2. The Labute approximate surface area is 158 Å². The highest BCUT2D eigenvalue weighted by atomic mass is 32.2. The lowest BCUT2D eigenvalue weighted by molar-refractivity contribution is -0.459. The summed E-state index contributed by atoms with van der Waals surface area (Å²) >= 11 is 0. The van der Waals surface area contributed by atoms with E-state index in [1.807, 2.05) is 6.92 Å². The fraction of sp³-hybridized carbons (Fsp3) is 0.438. The Balaban J connectivity index is 2.68. The molecule has 7 N–H and O–H groups in total. The molecule has 1 aromatic rings. The molecule has 10 nitrogen and oxygen atoms in total. The van der Waals surface area contributed by atoms with E-state index in [-0.39, 0.29) is 17.3 Å². The molecule has 1 aromatic carbocycles. The minimum atomic E-state index is -3.92. The van der Waals surface area contributed by atoms with E-state index in [2.05, 4.69) is 15.0 Å². The standard InChI is InChI=1S/C16H25N5O5S/c1-10-5-7-12(8-6-10)27(25,26)21-11(2)14(22)20-13(15(23)24)4-3-9-19-16(17)18/h5-8,11,13,21H,3-4,9H2,1-2H3,(H,20,22)(H,23,24)(H4,17,18,19). The summed E-state index contributed by atoms with van der Waals surface area (Å²) in [6.07, 6.45) is 0.409. The zero-order valence-corrected chi connectivity index (χ0v) is 16.0. The highest BCUT2D eigenvalue weighted by Crippen LogP contribution is 2.10. The molecule has 150 valence electrons. The van der Waals surface area contributed by atoms with Crippen molar-refractivity contribution in [1.29, 1.82) is 0 Å². The Kier molecular flexibility index (Phi) is 8.19. The van der Waals surface area contributed by atoms with Crippen molar-refractivity contribution in [1.82, 2.24) is 10.0 Å². The summed E-state index contributed by atoms with van der Waals surface area (Å²) in [5, 5.41) is 13.4. The van der Waals surface area contributed by atoms with E-state index in [4.69, 9.17) is 11.5 Å². The summed E-state index contributed by atoms with van der Waals surface area (Å²) in [6.45, 7) is 3.45. The van der Waals surface area contributed by atoms with Gasteiger partial charge in [0, 0.05) is 0 Å². The second-order valence-electron chi connectivity index (χ2n) is 6.06. The maximum Gasteiger partial charge on any atom is 0.338 e. The summed E-state index contributed by atoms with van der Waals surface area (Å²) in [7, 11) is -3.92. The van der Waals surface area contributed by atoms with Crippen LogP contribution in [0.15, 0.2) is 29.2 Å². The molecule has 0 fully saturated rings. The maximum atomic E-state index is 12.3. The molecule has 0 aromatic heterocycles. The fourth-order valence-electron chi connectivity index (χ4n) is 2.16. The molecule has 2 unspecified atom stereocenters. The van der Waals surface area contributed by atoms with Crippen LogP contribution in [-0.2, 0) is 19.6 Å². The van der Waals surface area contributed by atoms with Crippen molar-refractivity contribution < 1.29 is 28.1 Å². The highest BCUT2D eigenvalue weighted by Gasteiger charge is 2.24. The predicted octanol–water partition coefficient (Wildman–Crippen LogP) is -3.97. The smallest absolute Gasteiger partial charge is 0.338 e. The van der Waals surface area contributed by atoms with Crippen LogP contribution in [0.25, 0.3) is 0 Å². The second kappa shape index (κ2) is 9.88. The lowest BCUT2D eigenvalue weighted by Crippen LogP contribution is -2.78. The van der Waals surface area contributed by atoms with Gasteiger partial charge in [-0.05, 0) is 38.8 Å². The average Bonchev–Trinajstić information content (AvgIpc) is 2.56. The number of hydrogen-bond acceptors (Lipinski definition) is 5. The number of sulfonamides is 1. The van der Waals surface area contributed by atoms with E-state index in [9.17, 15) is 23.1 Å². The van der Waals surface area contributed by atoms with Crippen molar-refractivity contribution in [2.24, 2.45) is 11.5 Å². The first-order valence-electron chi connectivity index (χ1n) is 8.25. The molecule has 0 heterocycles. The van der Waals surface area contributed by atoms with E-state index < -0.39 is 34.0 Å². The molecule has 2 atom stereocenters. The summed E-state index contributed by atoms with van der Waals surface area (Å²) < 4.78 is 26.8. The normalized spacial score (nSPS) is 13.4. The zero-order valence-electron chi connectivity index (χ0n) is 15.2. The molecular formula is C16H25N5O5S. The average molecular weight is 399 g/mol. The Bertz CT molecular complexity index is 788. The van der Waals surface area contributed by atoms with Gasteiger partial charge in [0.25, 0.3) is 0 Å². The largest absolute Gasteiger partial charge is 0.548 e. The molecule has 0 aliphatic heterocycles. The fourth-order valence-corrected chi connectivity index (χ4v) is 3.36. The number of nitrogens with one attached hydrogen (secondary N) is 3. The number of guanidine groups is 1. The molecule has 1 amide bonds. The van der Waals surface area contributed by atoms with Crippen molar-refractivity contribution in [2.45, 2.75) is 43.7 Å². The topological polar surface area (TPSA) is 181 Å². The van der Waals surface area contributed by atoms with Crippen LogP contribution in [0, 0.1) is 6.92 Å². The Morgan fingerprint density at radius 3 is 2.33 bits per heavy atom. The number of carbonyl (C=O) groups is 2. The van der Waals surface area contributed by atoms with Crippen molar-refractivity contribution in [3.63, 3.8) is 0 Å². The number of carboxylic acid groups (broad SMARTS) is 1. The van der Waals surface area contributed by atoms with Crippen molar-refractivity contribution in [2.75, 3.05) is 6.54 Å². The number of carboxylic acids is 1. The van der Waals surface area contributed by atoms with Crippen molar-refractivity contribution in [3.8, 4) is 0 Å². The number of nitrogens with two attached hydrogens (primary N) is 2. The van der Waals surface area contributed by atoms with Gasteiger partial charge < -0.3 is 15.2 Å². The third-order valence-corrected chi connectivity index (χ3v) is 5.21. The number of hydrogen-bond donors (Lipinski definition) is 5. The van der Waals surface area contributed by atoms with Gasteiger partial charge in [0.05, 0.1) is 29.5 Å². The van der Waals surface area contributed by atoms with E-state index in [0.29, 0.717) is 13.0 Å². The van der Waals surface area contributed by atoms with Crippen molar-refractivity contribution in [3.05, 3.63) is 29.8 Å². The second-order valence-corrected chi connectivity index (χ2v) is 7.77. The minimum Gasteiger partial charge on any atom is -0.548 e. The lowest BCUT2D eigenvalue weighted by atomic mass is 10.1. The van der Waals surface area contributed by atoms with Gasteiger partial charge in [-0.1, -0.05) is 17.7 Å². The molecule has 0 bridgehead atoms. The van der Waals surface area contributed by atoms with Crippen LogP contribution >= 0.6 is 0 Å². The Morgan fingerprint density at radius 1 is 1.22 bits per heavy atom. The highest BCUT2D eigenvalue weighted by molar-refractivity contribution is 7.89. The van der Waals surface area contributed by atoms with E-state index >= 15 is 0 Å². The minimum absolute atomic E-state index is 0.00294. The molecule has 0 aliphatic rings. The molecule has 0 spiro atoms. The summed E-state index contributed by atoms with van der Waals surface area (Å²) in [6, 6.07) is 3.64.